The Morgan fingerprint density at radius 2 is 1.75 bits per heavy atom. The summed E-state index contributed by atoms with van der Waals surface area (Å²) in [7, 11) is 0. The first-order valence-corrected chi connectivity index (χ1v) is 5.34. The van der Waals surface area contributed by atoms with Crippen LogP contribution in [0.4, 0.5) is 0 Å². The van der Waals surface area contributed by atoms with Gasteiger partial charge in [0.05, 0.1) is 0 Å². The minimum absolute atomic E-state index is 0.0311. The standard InChI is InChI=1S/C14H14N2/c1-11(13-9-5-6-10-16-13)14(15)12-7-3-2-4-8-12/h2-11,15H,1H3. The smallest absolute Gasteiger partial charge is 0.0491 e. The van der Waals surface area contributed by atoms with Gasteiger partial charge in [-0.1, -0.05) is 43.3 Å². The predicted molar refractivity (Wildman–Crippen MR) is 65.9 cm³/mol. The molecule has 1 aromatic heterocycles. The molecule has 1 aromatic carbocycles. The molecule has 2 heteroatoms. The molecule has 0 radical (unpaired) electrons. The average Bonchev–Trinajstić information content (AvgIpc) is 2.39. The maximum absolute atomic E-state index is 8.13. The van der Waals surface area contributed by atoms with E-state index in [0.717, 1.165) is 11.3 Å². The second kappa shape index (κ2) is 4.71. The molecule has 16 heavy (non-hydrogen) atoms. The third-order valence-corrected chi connectivity index (χ3v) is 2.65. The molecule has 0 aliphatic heterocycles. The summed E-state index contributed by atoms with van der Waals surface area (Å²) < 4.78 is 0. The SMILES string of the molecule is CC(C(=N)c1ccccc1)c1ccccn1. The molecule has 2 nitrogen and oxygen atoms in total. The van der Waals surface area contributed by atoms with E-state index in [0.29, 0.717) is 5.71 Å². The Bertz CT molecular complexity index is 463. The maximum Gasteiger partial charge on any atom is 0.0491 e. The lowest BCUT2D eigenvalue weighted by atomic mass is 9.95. The van der Waals surface area contributed by atoms with Crippen molar-refractivity contribution in [2.24, 2.45) is 0 Å². The third-order valence-electron chi connectivity index (χ3n) is 2.65. The van der Waals surface area contributed by atoms with Crippen molar-refractivity contribution in [2.45, 2.75) is 12.8 Å². The van der Waals surface area contributed by atoms with E-state index in [2.05, 4.69) is 4.98 Å². The molecule has 1 N–H and O–H groups in total. The van der Waals surface area contributed by atoms with Crippen LogP contribution in [0.1, 0.15) is 24.1 Å². The zero-order valence-corrected chi connectivity index (χ0v) is 9.22. The molecule has 80 valence electrons. The van der Waals surface area contributed by atoms with Crippen molar-refractivity contribution < 1.29 is 0 Å². The van der Waals surface area contributed by atoms with Crippen molar-refractivity contribution >= 4 is 5.71 Å². The quantitative estimate of drug-likeness (QED) is 0.776. The van der Waals surface area contributed by atoms with E-state index in [4.69, 9.17) is 5.41 Å². The molecular weight excluding hydrogens is 196 g/mol. The van der Waals surface area contributed by atoms with E-state index < -0.39 is 0 Å². The number of aromatic nitrogens is 1. The van der Waals surface area contributed by atoms with Gasteiger partial charge >= 0.3 is 0 Å². The van der Waals surface area contributed by atoms with Gasteiger partial charge in [0.2, 0.25) is 0 Å². The lowest BCUT2D eigenvalue weighted by molar-refractivity contribution is 0.942. The van der Waals surface area contributed by atoms with Crippen LogP contribution < -0.4 is 0 Å². The summed E-state index contributed by atoms with van der Waals surface area (Å²) in [5.41, 5.74) is 2.51. The Kier molecular flexibility index (Phi) is 3.10. The molecule has 0 amide bonds. The molecule has 0 fully saturated rings. The number of pyridine rings is 1. The van der Waals surface area contributed by atoms with Gasteiger partial charge in [-0.05, 0) is 17.7 Å². The van der Waals surface area contributed by atoms with Gasteiger partial charge in [-0.2, -0.15) is 0 Å². The summed E-state index contributed by atoms with van der Waals surface area (Å²) in [6.45, 7) is 2.01. The molecule has 0 bridgehead atoms. The van der Waals surface area contributed by atoms with E-state index in [1.807, 2.05) is 55.5 Å². The minimum atomic E-state index is 0.0311. The summed E-state index contributed by atoms with van der Waals surface area (Å²) in [6.07, 6.45) is 1.77. The van der Waals surface area contributed by atoms with Gasteiger partial charge in [-0.3, -0.25) is 4.98 Å². The van der Waals surface area contributed by atoms with E-state index in [1.165, 1.54) is 0 Å². The fraction of sp³-hybridized carbons (Fsp3) is 0.143. The molecule has 1 atom stereocenters. The Labute approximate surface area is 95.5 Å². The molecule has 1 unspecified atom stereocenters. The van der Waals surface area contributed by atoms with E-state index in [9.17, 15) is 0 Å². The highest BCUT2D eigenvalue weighted by Gasteiger charge is 2.13. The van der Waals surface area contributed by atoms with E-state index in [1.54, 1.807) is 6.20 Å². The average molecular weight is 210 g/mol. The highest BCUT2D eigenvalue weighted by Crippen LogP contribution is 2.17. The third kappa shape index (κ3) is 2.16. The zero-order chi connectivity index (χ0) is 11.4. The highest BCUT2D eigenvalue weighted by atomic mass is 14.7. The van der Waals surface area contributed by atoms with Gasteiger partial charge in [0.1, 0.15) is 0 Å². The van der Waals surface area contributed by atoms with Crippen molar-refractivity contribution in [2.75, 3.05) is 0 Å². The van der Waals surface area contributed by atoms with Gasteiger partial charge in [-0.25, -0.2) is 0 Å². The summed E-state index contributed by atoms with van der Waals surface area (Å²) >= 11 is 0. The fourth-order valence-corrected chi connectivity index (χ4v) is 1.65. The molecule has 0 aliphatic rings. The number of hydrogen-bond acceptors (Lipinski definition) is 2. The molecule has 0 saturated carbocycles. The Hall–Kier alpha value is -1.96. The Morgan fingerprint density at radius 3 is 2.38 bits per heavy atom. The molecule has 0 saturated heterocycles. The Morgan fingerprint density at radius 1 is 1.06 bits per heavy atom. The van der Waals surface area contributed by atoms with Gasteiger partial charge in [0.15, 0.2) is 0 Å². The van der Waals surface area contributed by atoms with E-state index >= 15 is 0 Å². The molecule has 2 rings (SSSR count). The second-order valence-electron chi connectivity index (χ2n) is 3.76. The molecular formula is C14H14N2. The normalized spacial score (nSPS) is 12.1. The number of rotatable bonds is 3. The van der Waals surface area contributed by atoms with Crippen molar-refractivity contribution in [3.63, 3.8) is 0 Å². The van der Waals surface area contributed by atoms with Crippen LogP contribution in [0, 0.1) is 5.41 Å². The number of nitrogens with zero attached hydrogens (tertiary/aromatic N) is 1. The molecule has 0 aliphatic carbocycles. The van der Waals surface area contributed by atoms with Crippen LogP contribution in [0.15, 0.2) is 54.7 Å². The second-order valence-corrected chi connectivity index (χ2v) is 3.76. The lowest BCUT2D eigenvalue weighted by Gasteiger charge is -2.12. The largest absolute Gasteiger partial charge is 0.304 e. The molecule has 2 aromatic rings. The monoisotopic (exact) mass is 210 g/mol. The van der Waals surface area contributed by atoms with Crippen LogP contribution in [0.5, 0.6) is 0 Å². The van der Waals surface area contributed by atoms with Gasteiger partial charge in [0, 0.05) is 23.5 Å². The lowest BCUT2D eigenvalue weighted by Crippen LogP contribution is -2.10. The topological polar surface area (TPSA) is 36.7 Å². The summed E-state index contributed by atoms with van der Waals surface area (Å²) in [5.74, 6) is 0.0311. The van der Waals surface area contributed by atoms with Gasteiger partial charge in [0.25, 0.3) is 0 Å². The number of benzene rings is 1. The Balaban J connectivity index is 2.24. The number of hydrogen-bond donors (Lipinski definition) is 1. The summed E-state index contributed by atoms with van der Waals surface area (Å²) in [5, 5.41) is 8.13. The van der Waals surface area contributed by atoms with Crippen LogP contribution in [0.3, 0.4) is 0 Å². The first-order valence-electron chi connectivity index (χ1n) is 5.34. The fourth-order valence-electron chi connectivity index (χ4n) is 1.65. The van der Waals surface area contributed by atoms with Crippen molar-refractivity contribution in [3.05, 3.63) is 66.0 Å². The van der Waals surface area contributed by atoms with Crippen LogP contribution >= 0.6 is 0 Å². The molecule has 1 heterocycles. The maximum atomic E-state index is 8.13. The van der Waals surface area contributed by atoms with Crippen LogP contribution in [0.25, 0.3) is 0 Å². The molecule has 0 spiro atoms. The van der Waals surface area contributed by atoms with Crippen LogP contribution in [0.2, 0.25) is 0 Å². The predicted octanol–water partition coefficient (Wildman–Crippen LogP) is 3.25. The summed E-state index contributed by atoms with van der Waals surface area (Å²) in [6, 6.07) is 15.6. The minimum Gasteiger partial charge on any atom is -0.304 e. The highest BCUT2D eigenvalue weighted by molar-refractivity contribution is 6.02. The van der Waals surface area contributed by atoms with Crippen LogP contribution in [-0.4, -0.2) is 10.7 Å². The number of nitrogens with one attached hydrogen (secondary N) is 1. The van der Waals surface area contributed by atoms with Crippen LogP contribution in [-0.2, 0) is 0 Å². The van der Waals surface area contributed by atoms with Gasteiger partial charge in [-0.15, -0.1) is 0 Å². The zero-order valence-electron chi connectivity index (χ0n) is 9.22. The van der Waals surface area contributed by atoms with Crippen molar-refractivity contribution in [1.29, 1.82) is 5.41 Å². The van der Waals surface area contributed by atoms with Gasteiger partial charge < -0.3 is 5.41 Å². The summed E-state index contributed by atoms with van der Waals surface area (Å²) in [4.78, 5) is 4.28. The van der Waals surface area contributed by atoms with Crippen molar-refractivity contribution in [3.8, 4) is 0 Å². The van der Waals surface area contributed by atoms with Crippen molar-refractivity contribution in [1.82, 2.24) is 4.98 Å². The first-order chi connectivity index (χ1) is 7.79. The van der Waals surface area contributed by atoms with E-state index in [-0.39, 0.29) is 5.92 Å². The first kappa shape index (κ1) is 10.6.